The van der Waals surface area contributed by atoms with Gasteiger partial charge in [0.1, 0.15) is 0 Å². The second kappa shape index (κ2) is 5.72. The summed E-state index contributed by atoms with van der Waals surface area (Å²) in [6, 6.07) is 7.96. The standard InChI is InChI=1S/C13H18BrNO2S/c1-2-9-18(16,17)15-8-4-7-13(15)11-5-3-6-12(14)10-11/h3,5-6,10,13H,2,4,7-9H2,1H3. The van der Waals surface area contributed by atoms with Gasteiger partial charge in [-0.25, -0.2) is 8.42 Å². The largest absolute Gasteiger partial charge is 0.214 e. The van der Waals surface area contributed by atoms with Crippen LogP contribution in [0, 0.1) is 0 Å². The number of hydrogen-bond donors (Lipinski definition) is 0. The van der Waals surface area contributed by atoms with Crippen molar-refractivity contribution in [3.05, 3.63) is 34.3 Å². The van der Waals surface area contributed by atoms with Crippen molar-refractivity contribution in [1.29, 1.82) is 0 Å². The number of halogens is 1. The molecule has 0 aliphatic carbocycles. The molecule has 0 spiro atoms. The molecule has 1 saturated heterocycles. The Balaban J connectivity index is 2.28. The zero-order chi connectivity index (χ0) is 13.2. The average molecular weight is 332 g/mol. The van der Waals surface area contributed by atoms with Gasteiger partial charge in [0.15, 0.2) is 0 Å². The molecule has 0 bridgehead atoms. The Hall–Kier alpha value is -0.390. The zero-order valence-corrected chi connectivity index (χ0v) is 12.9. The van der Waals surface area contributed by atoms with E-state index >= 15 is 0 Å². The Kier molecular flexibility index (Phi) is 4.45. The van der Waals surface area contributed by atoms with Gasteiger partial charge < -0.3 is 0 Å². The number of nitrogens with zero attached hydrogens (tertiary/aromatic N) is 1. The molecule has 1 aliphatic rings. The van der Waals surface area contributed by atoms with Crippen molar-refractivity contribution >= 4 is 26.0 Å². The Labute approximate surface area is 117 Å². The second-order valence-electron chi connectivity index (χ2n) is 4.64. The van der Waals surface area contributed by atoms with E-state index in [9.17, 15) is 8.42 Å². The lowest BCUT2D eigenvalue weighted by Gasteiger charge is -2.24. The van der Waals surface area contributed by atoms with Crippen molar-refractivity contribution in [3.63, 3.8) is 0 Å². The highest BCUT2D eigenvalue weighted by molar-refractivity contribution is 9.10. The first kappa shape index (κ1) is 14.0. The van der Waals surface area contributed by atoms with E-state index in [4.69, 9.17) is 0 Å². The molecule has 18 heavy (non-hydrogen) atoms. The second-order valence-corrected chi connectivity index (χ2v) is 7.60. The van der Waals surface area contributed by atoms with Crippen LogP contribution in [-0.4, -0.2) is 25.0 Å². The van der Waals surface area contributed by atoms with Crippen LogP contribution < -0.4 is 0 Å². The highest BCUT2D eigenvalue weighted by atomic mass is 79.9. The van der Waals surface area contributed by atoms with E-state index in [0.29, 0.717) is 13.0 Å². The van der Waals surface area contributed by atoms with E-state index in [2.05, 4.69) is 15.9 Å². The molecule has 0 radical (unpaired) electrons. The van der Waals surface area contributed by atoms with Gasteiger partial charge in [0.2, 0.25) is 10.0 Å². The molecule has 3 nitrogen and oxygen atoms in total. The summed E-state index contributed by atoms with van der Waals surface area (Å²) < 4.78 is 27.1. The van der Waals surface area contributed by atoms with Crippen molar-refractivity contribution < 1.29 is 8.42 Å². The molecule has 5 heteroatoms. The SMILES string of the molecule is CCCS(=O)(=O)N1CCCC1c1cccc(Br)c1. The maximum Gasteiger partial charge on any atom is 0.214 e. The van der Waals surface area contributed by atoms with Gasteiger partial charge in [0.05, 0.1) is 5.75 Å². The number of rotatable bonds is 4. The molecule has 0 N–H and O–H groups in total. The summed E-state index contributed by atoms with van der Waals surface area (Å²) in [6.07, 6.45) is 2.53. The Bertz CT molecular complexity index is 515. The van der Waals surface area contributed by atoms with E-state index in [0.717, 1.165) is 22.9 Å². The molecule has 0 amide bonds. The number of sulfonamides is 1. The Morgan fingerprint density at radius 3 is 2.89 bits per heavy atom. The first-order valence-corrected chi connectivity index (χ1v) is 8.70. The normalized spacial score (nSPS) is 21.3. The highest BCUT2D eigenvalue weighted by Gasteiger charge is 2.34. The molecule has 1 aliphatic heterocycles. The Morgan fingerprint density at radius 2 is 2.22 bits per heavy atom. The molecule has 1 atom stereocenters. The van der Waals surface area contributed by atoms with E-state index in [1.807, 2.05) is 31.2 Å². The summed E-state index contributed by atoms with van der Waals surface area (Å²) in [7, 11) is -3.10. The quantitative estimate of drug-likeness (QED) is 0.848. The van der Waals surface area contributed by atoms with Gasteiger partial charge >= 0.3 is 0 Å². The molecule has 1 aromatic rings. The van der Waals surface area contributed by atoms with Crippen molar-refractivity contribution in [2.24, 2.45) is 0 Å². The van der Waals surface area contributed by atoms with Gasteiger partial charge in [0.25, 0.3) is 0 Å². The fourth-order valence-corrected chi connectivity index (χ4v) is 4.68. The highest BCUT2D eigenvalue weighted by Crippen LogP contribution is 2.35. The molecule has 1 unspecified atom stereocenters. The summed E-state index contributed by atoms with van der Waals surface area (Å²) in [6.45, 7) is 2.56. The summed E-state index contributed by atoms with van der Waals surface area (Å²) >= 11 is 3.44. The lowest BCUT2D eigenvalue weighted by Crippen LogP contribution is -2.32. The predicted molar refractivity (Wildman–Crippen MR) is 76.9 cm³/mol. The maximum atomic E-state index is 12.2. The van der Waals surface area contributed by atoms with Crippen molar-refractivity contribution in [2.45, 2.75) is 32.2 Å². The summed E-state index contributed by atoms with van der Waals surface area (Å²) in [5.41, 5.74) is 1.08. The van der Waals surface area contributed by atoms with Crippen LogP contribution in [0.3, 0.4) is 0 Å². The molecule has 0 aromatic heterocycles. The third-order valence-electron chi connectivity index (χ3n) is 3.26. The lowest BCUT2D eigenvalue weighted by molar-refractivity contribution is 0.396. The van der Waals surface area contributed by atoms with E-state index < -0.39 is 10.0 Å². The zero-order valence-electron chi connectivity index (χ0n) is 10.5. The van der Waals surface area contributed by atoms with Crippen LogP contribution in [0.25, 0.3) is 0 Å². The van der Waals surface area contributed by atoms with Gasteiger partial charge in [-0.05, 0) is 37.0 Å². The number of benzene rings is 1. The number of hydrogen-bond acceptors (Lipinski definition) is 2. The monoisotopic (exact) mass is 331 g/mol. The van der Waals surface area contributed by atoms with Crippen LogP contribution in [-0.2, 0) is 10.0 Å². The third kappa shape index (κ3) is 2.95. The minimum atomic E-state index is -3.10. The van der Waals surface area contributed by atoms with E-state index in [1.165, 1.54) is 0 Å². The molecular weight excluding hydrogens is 314 g/mol. The van der Waals surface area contributed by atoms with E-state index in [1.54, 1.807) is 4.31 Å². The molecule has 0 saturated carbocycles. The van der Waals surface area contributed by atoms with Crippen LogP contribution >= 0.6 is 15.9 Å². The molecule has 1 fully saturated rings. The fourth-order valence-electron chi connectivity index (χ4n) is 2.50. The molecule has 1 heterocycles. The lowest BCUT2D eigenvalue weighted by atomic mass is 10.1. The van der Waals surface area contributed by atoms with Crippen LogP contribution in [0.1, 0.15) is 37.8 Å². The van der Waals surface area contributed by atoms with Crippen LogP contribution in [0.4, 0.5) is 0 Å². The van der Waals surface area contributed by atoms with Gasteiger partial charge in [-0.15, -0.1) is 0 Å². The molecule has 1 aromatic carbocycles. The predicted octanol–water partition coefficient (Wildman–Crippen LogP) is 3.33. The first-order chi connectivity index (χ1) is 8.54. The van der Waals surface area contributed by atoms with Crippen molar-refractivity contribution in [3.8, 4) is 0 Å². The van der Waals surface area contributed by atoms with E-state index in [-0.39, 0.29) is 11.8 Å². The molecule has 100 valence electrons. The van der Waals surface area contributed by atoms with Crippen LogP contribution in [0.5, 0.6) is 0 Å². The van der Waals surface area contributed by atoms with Gasteiger partial charge in [-0.3, -0.25) is 0 Å². The van der Waals surface area contributed by atoms with Crippen molar-refractivity contribution in [1.82, 2.24) is 4.31 Å². The molecule has 2 rings (SSSR count). The fraction of sp³-hybridized carbons (Fsp3) is 0.538. The smallest absolute Gasteiger partial charge is 0.212 e. The maximum absolute atomic E-state index is 12.2. The average Bonchev–Trinajstić information content (AvgIpc) is 2.78. The van der Waals surface area contributed by atoms with Gasteiger partial charge in [-0.1, -0.05) is 35.0 Å². The minimum absolute atomic E-state index is 0.0130. The van der Waals surface area contributed by atoms with Gasteiger partial charge in [0, 0.05) is 17.1 Å². The third-order valence-corrected chi connectivity index (χ3v) is 5.83. The molecular formula is C13H18BrNO2S. The summed E-state index contributed by atoms with van der Waals surface area (Å²) in [5.74, 6) is 0.248. The summed E-state index contributed by atoms with van der Waals surface area (Å²) in [4.78, 5) is 0. The van der Waals surface area contributed by atoms with Gasteiger partial charge in [-0.2, -0.15) is 4.31 Å². The first-order valence-electron chi connectivity index (χ1n) is 6.29. The topological polar surface area (TPSA) is 37.4 Å². The van der Waals surface area contributed by atoms with Crippen molar-refractivity contribution in [2.75, 3.05) is 12.3 Å². The minimum Gasteiger partial charge on any atom is -0.212 e. The van der Waals surface area contributed by atoms with Crippen LogP contribution in [0.2, 0.25) is 0 Å². The Morgan fingerprint density at radius 1 is 1.44 bits per heavy atom. The van der Waals surface area contributed by atoms with Crippen LogP contribution in [0.15, 0.2) is 28.7 Å². The summed E-state index contributed by atoms with van der Waals surface area (Å²) in [5, 5.41) is 0.